The summed E-state index contributed by atoms with van der Waals surface area (Å²) >= 11 is 0. The maximum atomic E-state index is 13.1. The molecule has 0 saturated carbocycles. The van der Waals surface area contributed by atoms with E-state index < -0.39 is 17.9 Å². The molecule has 9 nitrogen and oxygen atoms in total. The molecule has 0 aliphatic carbocycles. The molecule has 9 heteroatoms. The van der Waals surface area contributed by atoms with Crippen LogP contribution in [0.25, 0.3) is 16.9 Å². The number of nitrogens with zero attached hydrogens (tertiary/aromatic N) is 3. The monoisotopic (exact) mass is 588 g/mol. The molecular weight excluding hydrogens is 552 g/mol. The maximum absolute atomic E-state index is 13.1. The zero-order valence-corrected chi connectivity index (χ0v) is 25.0. The number of nitrogens with one attached hydrogen (secondary N) is 2. The van der Waals surface area contributed by atoms with Gasteiger partial charge in [-0.25, -0.2) is 4.68 Å². The van der Waals surface area contributed by atoms with E-state index in [2.05, 4.69) is 54.6 Å². The second kappa shape index (κ2) is 12.8. The van der Waals surface area contributed by atoms with Crippen molar-refractivity contribution < 1.29 is 14.7 Å². The number of anilines is 1. The molecular formula is C35H36N6O3. The van der Waals surface area contributed by atoms with Gasteiger partial charge in [-0.2, -0.15) is 5.10 Å². The van der Waals surface area contributed by atoms with E-state index in [1.54, 1.807) is 42.7 Å². The van der Waals surface area contributed by atoms with Gasteiger partial charge in [0.1, 0.15) is 11.8 Å². The molecule has 224 valence electrons. The quantitative estimate of drug-likeness (QED) is 0.173. The van der Waals surface area contributed by atoms with Crippen LogP contribution in [0.4, 0.5) is 5.69 Å². The molecule has 0 bridgehead atoms. The lowest BCUT2D eigenvalue weighted by Crippen LogP contribution is -2.45. The van der Waals surface area contributed by atoms with Crippen molar-refractivity contribution in [1.29, 1.82) is 0 Å². The number of hydrogen-bond acceptors (Lipinski definition) is 6. The van der Waals surface area contributed by atoms with Crippen LogP contribution < -0.4 is 16.4 Å². The van der Waals surface area contributed by atoms with Gasteiger partial charge < -0.3 is 21.5 Å². The van der Waals surface area contributed by atoms with Crippen LogP contribution in [-0.2, 0) is 23.2 Å². The Balaban J connectivity index is 1.32. The van der Waals surface area contributed by atoms with E-state index in [-0.39, 0.29) is 17.6 Å². The lowest BCUT2D eigenvalue weighted by Gasteiger charge is -2.24. The smallest absolute Gasteiger partial charge is 0.252 e. The van der Waals surface area contributed by atoms with E-state index in [9.17, 15) is 14.7 Å². The fourth-order valence-electron chi connectivity index (χ4n) is 5.04. The minimum Gasteiger partial charge on any atom is -0.508 e. The summed E-state index contributed by atoms with van der Waals surface area (Å²) in [7, 11) is 0. The van der Waals surface area contributed by atoms with Gasteiger partial charge in [-0.3, -0.25) is 14.6 Å². The Morgan fingerprint density at radius 2 is 1.70 bits per heavy atom. The number of benzene rings is 3. The van der Waals surface area contributed by atoms with Gasteiger partial charge in [0.25, 0.3) is 5.91 Å². The minimum atomic E-state index is -0.901. The van der Waals surface area contributed by atoms with Gasteiger partial charge in [0.05, 0.1) is 11.4 Å². The van der Waals surface area contributed by atoms with Crippen molar-refractivity contribution in [3.63, 3.8) is 0 Å². The van der Waals surface area contributed by atoms with E-state index in [0.29, 0.717) is 12.1 Å². The first-order chi connectivity index (χ1) is 21.1. The molecule has 2 heterocycles. The van der Waals surface area contributed by atoms with Gasteiger partial charge >= 0.3 is 0 Å². The summed E-state index contributed by atoms with van der Waals surface area (Å²) < 4.78 is 1.87. The molecule has 0 aliphatic rings. The molecule has 44 heavy (non-hydrogen) atoms. The molecule has 5 aromatic rings. The largest absolute Gasteiger partial charge is 0.508 e. The Morgan fingerprint density at radius 1 is 0.955 bits per heavy atom. The van der Waals surface area contributed by atoms with Crippen molar-refractivity contribution >= 4 is 17.5 Å². The molecule has 0 aliphatic heterocycles. The summed E-state index contributed by atoms with van der Waals surface area (Å²) in [6.07, 6.45) is 5.67. The van der Waals surface area contributed by atoms with Gasteiger partial charge in [-0.1, -0.05) is 45.0 Å². The van der Waals surface area contributed by atoms with E-state index in [1.807, 2.05) is 35.1 Å². The number of carbonyl (C=O) groups is 2. The van der Waals surface area contributed by atoms with Crippen LogP contribution >= 0.6 is 0 Å². The summed E-state index contributed by atoms with van der Waals surface area (Å²) in [5.41, 5.74) is 12.5. The van der Waals surface area contributed by atoms with Crippen LogP contribution in [0.15, 0.2) is 104 Å². The zero-order chi connectivity index (χ0) is 31.3. The van der Waals surface area contributed by atoms with Crippen molar-refractivity contribution in [3.05, 3.63) is 126 Å². The lowest BCUT2D eigenvalue weighted by atomic mass is 9.83. The van der Waals surface area contributed by atoms with Crippen LogP contribution in [-0.4, -0.2) is 37.7 Å². The van der Waals surface area contributed by atoms with Crippen molar-refractivity contribution in [2.24, 2.45) is 5.73 Å². The summed E-state index contributed by atoms with van der Waals surface area (Å²) in [6.45, 7) is 7.06. The van der Waals surface area contributed by atoms with Crippen LogP contribution in [0.2, 0.25) is 0 Å². The second-order valence-electron chi connectivity index (χ2n) is 11.7. The number of hydrogen-bond donors (Lipinski definition) is 4. The van der Waals surface area contributed by atoms with Gasteiger partial charge in [-0.15, -0.1) is 0 Å². The number of aromatic nitrogens is 3. The predicted molar refractivity (Wildman–Crippen MR) is 172 cm³/mol. The van der Waals surface area contributed by atoms with Crippen LogP contribution in [0.5, 0.6) is 5.75 Å². The lowest BCUT2D eigenvalue weighted by molar-refractivity contribution is -0.119. The SMILES string of the molecule is CC(C)(C)c1ccc(-n2ccc(-c3ccncc3)n2)cc1CNc1cccc(C(=O)NC(Cc2ccc(O)cc2)C(N)=O)c1. The third-order valence-corrected chi connectivity index (χ3v) is 7.36. The fourth-order valence-corrected chi connectivity index (χ4v) is 5.04. The van der Waals surface area contributed by atoms with E-state index in [0.717, 1.165) is 33.8 Å². The van der Waals surface area contributed by atoms with Crippen molar-refractivity contribution in [1.82, 2.24) is 20.1 Å². The third kappa shape index (κ3) is 7.30. The van der Waals surface area contributed by atoms with Gasteiger partial charge in [0.15, 0.2) is 0 Å². The summed E-state index contributed by atoms with van der Waals surface area (Å²) in [5.74, 6) is -0.923. The fraction of sp³-hybridized carbons (Fsp3) is 0.200. The highest BCUT2D eigenvalue weighted by molar-refractivity contribution is 5.98. The zero-order valence-electron chi connectivity index (χ0n) is 25.0. The molecule has 5 N–H and O–H groups in total. The van der Waals surface area contributed by atoms with Crippen molar-refractivity contribution in [2.75, 3.05) is 5.32 Å². The van der Waals surface area contributed by atoms with Gasteiger partial charge in [0, 0.05) is 48.4 Å². The summed E-state index contributed by atoms with van der Waals surface area (Å²) in [4.78, 5) is 29.3. The molecule has 2 aromatic heterocycles. The molecule has 1 unspecified atom stereocenters. The molecule has 3 aromatic carbocycles. The average molecular weight is 589 g/mol. The van der Waals surface area contributed by atoms with Crippen LogP contribution in [0.3, 0.4) is 0 Å². The highest BCUT2D eigenvalue weighted by atomic mass is 16.3. The third-order valence-electron chi connectivity index (χ3n) is 7.36. The number of phenols is 1. The van der Waals surface area contributed by atoms with E-state index in [4.69, 9.17) is 10.8 Å². The molecule has 2 amide bonds. The molecule has 0 radical (unpaired) electrons. The number of phenolic OH excluding ortho intramolecular Hbond substituents is 1. The van der Waals surface area contributed by atoms with Crippen LogP contribution in [0.1, 0.15) is 47.8 Å². The Morgan fingerprint density at radius 3 is 2.41 bits per heavy atom. The standard InChI is InChI=1S/C35H36N6O3/c1-35(2,3)30-12-9-28(41-18-15-31(40-41)24-13-16-37-17-14-24)21-26(30)22-38-27-6-4-5-25(20-27)34(44)39-32(33(36)43)19-23-7-10-29(42)11-8-23/h4-18,20-21,32,38,42H,19,22H2,1-3H3,(H2,36,43)(H,39,44). The summed E-state index contributed by atoms with van der Waals surface area (Å²) in [6, 6.07) is 24.9. The Bertz CT molecular complexity index is 1760. The Labute approximate surface area is 256 Å². The van der Waals surface area contributed by atoms with Gasteiger partial charge in [-0.05, 0) is 82.8 Å². The van der Waals surface area contributed by atoms with Crippen molar-refractivity contribution in [2.45, 2.75) is 45.2 Å². The molecule has 1 atom stereocenters. The maximum Gasteiger partial charge on any atom is 0.252 e. The number of nitrogens with two attached hydrogens (primary N) is 1. The number of pyridine rings is 1. The normalized spacial score (nSPS) is 12.0. The predicted octanol–water partition coefficient (Wildman–Crippen LogP) is 5.38. The number of amides is 2. The summed E-state index contributed by atoms with van der Waals surface area (Å²) in [5, 5.41) is 20.5. The Kier molecular flexibility index (Phi) is 8.76. The first kappa shape index (κ1) is 30.0. The van der Waals surface area contributed by atoms with E-state index >= 15 is 0 Å². The average Bonchev–Trinajstić information content (AvgIpc) is 3.51. The molecule has 0 spiro atoms. The minimum absolute atomic E-state index is 0.0924. The number of carbonyl (C=O) groups excluding carboxylic acids is 2. The Hall–Kier alpha value is -5.44. The van der Waals surface area contributed by atoms with E-state index in [1.165, 1.54) is 17.7 Å². The second-order valence-corrected chi connectivity index (χ2v) is 11.7. The highest BCUT2D eigenvalue weighted by Crippen LogP contribution is 2.29. The number of aromatic hydroxyl groups is 1. The molecule has 0 fully saturated rings. The first-order valence-corrected chi connectivity index (χ1v) is 14.4. The molecule has 5 rings (SSSR count). The number of primary amides is 1. The van der Waals surface area contributed by atoms with Crippen LogP contribution in [0, 0.1) is 0 Å². The topological polar surface area (TPSA) is 135 Å². The molecule has 0 saturated heterocycles. The van der Waals surface area contributed by atoms with Crippen molar-refractivity contribution in [3.8, 4) is 22.7 Å². The number of rotatable bonds is 10. The first-order valence-electron chi connectivity index (χ1n) is 14.4. The highest BCUT2D eigenvalue weighted by Gasteiger charge is 2.21. The van der Waals surface area contributed by atoms with Gasteiger partial charge in [0.2, 0.25) is 5.91 Å².